The zero-order valence-corrected chi connectivity index (χ0v) is 13.0. The molecule has 120 valence electrons. The number of ether oxygens (including phenoxy) is 4. The zero-order chi connectivity index (χ0) is 16.4. The van der Waals surface area contributed by atoms with Crippen LogP contribution in [0.3, 0.4) is 0 Å². The van der Waals surface area contributed by atoms with Crippen LogP contribution in [0.1, 0.15) is 19.8 Å². The van der Waals surface area contributed by atoms with Gasteiger partial charge < -0.3 is 18.9 Å². The Morgan fingerprint density at radius 3 is 2.18 bits per heavy atom. The zero-order valence-electron chi connectivity index (χ0n) is 13.0. The average Bonchev–Trinajstić information content (AvgIpc) is 2.53. The smallest absolute Gasteiger partial charge is 0.336 e. The molecule has 6 heteroatoms. The Hall–Kier alpha value is -2.50. The molecule has 0 radical (unpaired) electrons. The number of para-hydroxylation sites is 1. The van der Waals surface area contributed by atoms with Crippen LogP contribution in [-0.4, -0.2) is 32.8 Å². The number of hydrogen-bond acceptors (Lipinski definition) is 6. The van der Waals surface area contributed by atoms with E-state index in [1.807, 2.05) is 6.92 Å². The summed E-state index contributed by atoms with van der Waals surface area (Å²) in [5.41, 5.74) is 0. The maximum atomic E-state index is 11.8. The first kappa shape index (κ1) is 17.6. The number of carbonyl (C=O) groups excluding carboxylic acids is 2. The van der Waals surface area contributed by atoms with Crippen molar-refractivity contribution in [3.05, 3.63) is 30.4 Å². The molecule has 0 unspecified atom stereocenters. The third-order valence-electron chi connectivity index (χ3n) is 2.68. The van der Waals surface area contributed by atoms with Gasteiger partial charge in [0.25, 0.3) is 0 Å². The van der Waals surface area contributed by atoms with Gasteiger partial charge in [-0.15, -0.1) is 0 Å². The Bertz CT molecular complexity index is 513. The summed E-state index contributed by atoms with van der Waals surface area (Å²) in [6.07, 6.45) is 3.73. The first-order valence-corrected chi connectivity index (χ1v) is 6.90. The van der Waals surface area contributed by atoms with Crippen LogP contribution in [0.4, 0.5) is 0 Å². The van der Waals surface area contributed by atoms with Gasteiger partial charge >= 0.3 is 11.9 Å². The second-order valence-corrected chi connectivity index (χ2v) is 4.27. The maximum Gasteiger partial charge on any atom is 0.336 e. The molecule has 0 fully saturated rings. The van der Waals surface area contributed by atoms with Crippen molar-refractivity contribution < 1.29 is 28.5 Å². The summed E-state index contributed by atoms with van der Waals surface area (Å²) < 4.78 is 20.3. The Morgan fingerprint density at radius 2 is 1.64 bits per heavy atom. The largest absolute Gasteiger partial charge is 0.493 e. The first-order chi connectivity index (χ1) is 10.6. The van der Waals surface area contributed by atoms with Gasteiger partial charge in [0.15, 0.2) is 11.5 Å². The van der Waals surface area contributed by atoms with E-state index in [1.165, 1.54) is 14.2 Å². The minimum Gasteiger partial charge on any atom is -0.493 e. The van der Waals surface area contributed by atoms with Crippen molar-refractivity contribution in [2.75, 3.05) is 20.8 Å². The van der Waals surface area contributed by atoms with Crippen LogP contribution in [0.15, 0.2) is 30.4 Å². The van der Waals surface area contributed by atoms with E-state index in [2.05, 4.69) is 0 Å². The number of carbonyl (C=O) groups is 2. The van der Waals surface area contributed by atoms with E-state index in [4.69, 9.17) is 18.9 Å². The van der Waals surface area contributed by atoms with Gasteiger partial charge in [0.2, 0.25) is 5.75 Å². The molecule has 1 rings (SSSR count). The van der Waals surface area contributed by atoms with Gasteiger partial charge in [-0.05, 0) is 18.6 Å². The highest BCUT2D eigenvalue weighted by molar-refractivity contribution is 5.93. The van der Waals surface area contributed by atoms with Crippen molar-refractivity contribution in [1.82, 2.24) is 0 Å². The van der Waals surface area contributed by atoms with Gasteiger partial charge in [0.1, 0.15) is 0 Å². The van der Waals surface area contributed by atoms with Crippen molar-refractivity contribution in [3.63, 3.8) is 0 Å². The number of methoxy groups -OCH3 is 2. The fourth-order valence-electron chi connectivity index (χ4n) is 1.55. The van der Waals surface area contributed by atoms with Gasteiger partial charge in [-0.3, -0.25) is 0 Å². The molecule has 0 heterocycles. The van der Waals surface area contributed by atoms with Crippen LogP contribution < -0.4 is 14.2 Å². The third kappa shape index (κ3) is 5.47. The molecule has 1 aromatic carbocycles. The lowest BCUT2D eigenvalue weighted by Crippen LogP contribution is -2.08. The number of hydrogen-bond donors (Lipinski definition) is 0. The molecular formula is C16H20O6. The Balaban J connectivity index is 2.67. The summed E-state index contributed by atoms with van der Waals surface area (Å²) in [6, 6.07) is 4.97. The van der Waals surface area contributed by atoms with Crippen molar-refractivity contribution >= 4 is 11.9 Å². The molecule has 0 amide bonds. The Labute approximate surface area is 129 Å². The molecule has 0 saturated carbocycles. The molecule has 0 N–H and O–H groups in total. The Kier molecular flexibility index (Phi) is 7.53. The molecule has 0 aliphatic rings. The minimum atomic E-state index is -0.727. The predicted octanol–water partition coefficient (Wildman–Crippen LogP) is 2.51. The standard InChI is InChI=1S/C16H20O6/c1-4-5-11-21-14(17)9-10-15(18)22-16-12(19-2)7-6-8-13(16)20-3/h6-10H,4-5,11H2,1-3H3/b10-9+. The van der Waals surface area contributed by atoms with E-state index in [1.54, 1.807) is 18.2 Å². The van der Waals surface area contributed by atoms with E-state index in [9.17, 15) is 9.59 Å². The quantitative estimate of drug-likeness (QED) is 0.318. The summed E-state index contributed by atoms with van der Waals surface area (Å²) in [5.74, 6) is -0.452. The molecule has 0 bridgehead atoms. The summed E-state index contributed by atoms with van der Waals surface area (Å²) >= 11 is 0. The van der Waals surface area contributed by atoms with E-state index >= 15 is 0 Å². The molecule has 0 aliphatic carbocycles. The van der Waals surface area contributed by atoms with Crippen LogP contribution >= 0.6 is 0 Å². The number of unbranched alkanes of at least 4 members (excludes halogenated alkanes) is 1. The molecule has 0 spiro atoms. The lowest BCUT2D eigenvalue weighted by Gasteiger charge is -2.11. The molecule has 22 heavy (non-hydrogen) atoms. The molecule has 0 atom stereocenters. The minimum absolute atomic E-state index is 0.154. The topological polar surface area (TPSA) is 71.1 Å². The number of benzene rings is 1. The summed E-state index contributed by atoms with van der Waals surface area (Å²) in [4.78, 5) is 23.1. The summed E-state index contributed by atoms with van der Waals surface area (Å²) in [5, 5.41) is 0. The van der Waals surface area contributed by atoms with Crippen molar-refractivity contribution in [1.29, 1.82) is 0 Å². The lowest BCUT2D eigenvalue weighted by atomic mass is 10.3. The average molecular weight is 308 g/mol. The second-order valence-electron chi connectivity index (χ2n) is 4.27. The second kappa shape index (κ2) is 9.44. The van der Waals surface area contributed by atoms with Crippen LogP contribution in [0.5, 0.6) is 17.2 Å². The van der Waals surface area contributed by atoms with Gasteiger partial charge in [-0.2, -0.15) is 0 Å². The predicted molar refractivity (Wildman–Crippen MR) is 80.2 cm³/mol. The van der Waals surface area contributed by atoms with E-state index in [0.29, 0.717) is 18.1 Å². The fraction of sp³-hybridized carbons (Fsp3) is 0.375. The maximum absolute atomic E-state index is 11.8. The molecular weight excluding hydrogens is 288 g/mol. The highest BCUT2D eigenvalue weighted by Crippen LogP contribution is 2.36. The van der Waals surface area contributed by atoms with Crippen LogP contribution in [-0.2, 0) is 14.3 Å². The van der Waals surface area contributed by atoms with Gasteiger partial charge in [0.05, 0.1) is 20.8 Å². The fourth-order valence-corrected chi connectivity index (χ4v) is 1.55. The highest BCUT2D eigenvalue weighted by atomic mass is 16.6. The molecule has 6 nitrogen and oxygen atoms in total. The highest BCUT2D eigenvalue weighted by Gasteiger charge is 2.14. The van der Waals surface area contributed by atoms with Gasteiger partial charge in [-0.1, -0.05) is 19.4 Å². The van der Waals surface area contributed by atoms with E-state index in [-0.39, 0.29) is 5.75 Å². The van der Waals surface area contributed by atoms with Crippen molar-refractivity contribution in [2.45, 2.75) is 19.8 Å². The van der Waals surface area contributed by atoms with Crippen LogP contribution in [0, 0.1) is 0 Å². The Morgan fingerprint density at radius 1 is 1.05 bits per heavy atom. The third-order valence-corrected chi connectivity index (χ3v) is 2.68. The first-order valence-electron chi connectivity index (χ1n) is 6.90. The monoisotopic (exact) mass is 308 g/mol. The van der Waals surface area contributed by atoms with Gasteiger partial charge in [-0.25, -0.2) is 9.59 Å². The SMILES string of the molecule is CCCCOC(=O)/C=C/C(=O)Oc1c(OC)cccc1OC. The van der Waals surface area contributed by atoms with Crippen LogP contribution in [0.2, 0.25) is 0 Å². The molecule has 0 aromatic heterocycles. The summed E-state index contributed by atoms with van der Waals surface area (Å²) in [6.45, 7) is 2.32. The molecule has 0 aliphatic heterocycles. The number of esters is 2. The molecule has 0 saturated heterocycles. The molecule has 1 aromatic rings. The number of rotatable bonds is 8. The lowest BCUT2D eigenvalue weighted by molar-refractivity contribution is -0.138. The van der Waals surface area contributed by atoms with Crippen LogP contribution in [0.25, 0.3) is 0 Å². The van der Waals surface area contributed by atoms with Crippen molar-refractivity contribution in [2.24, 2.45) is 0 Å². The normalized spacial score (nSPS) is 10.3. The summed E-state index contributed by atoms with van der Waals surface area (Å²) in [7, 11) is 2.90. The van der Waals surface area contributed by atoms with Crippen molar-refractivity contribution in [3.8, 4) is 17.2 Å². The van der Waals surface area contributed by atoms with Gasteiger partial charge in [0, 0.05) is 12.2 Å². The van der Waals surface area contributed by atoms with E-state index in [0.717, 1.165) is 25.0 Å². The van der Waals surface area contributed by atoms with E-state index < -0.39 is 11.9 Å².